The van der Waals surface area contributed by atoms with Crippen molar-refractivity contribution in [1.29, 1.82) is 0 Å². The molecule has 18 heavy (non-hydrogen) atoms. The standard InChI is InChI=1S/C13H15BrN4/c14-11-7-18-4-3-15-13(18)12(17-11)16-10-6-8-1-2-9(10)5-8/h3-4,7-10H,1-2,5-6H2,(H,16,17). The van der Waals surface area contributed by atoms with Crippen LogP contribution in [0, 0.1) is 11.8 Å². The summed E-state index contributed by atoms with van der Waals surface area (Å²) in [6, 6.07) is 0.589. The molecule has 0 spiro atoms. The number of rotatable bonds is 2. The quantitative estimate of drug-likeness (QED) is 0.927. The molecule has 2 aromatic rings. The number of fused-ring (bicyclic) bond motifs is 3. The summed E-state index contributed by atoms with van der Waals surface area (Å²) in [6.45, 7) is 0. The van der Waals surface area contributed by atoms with Crippen LogP contribution in [-0.2, 0) is 0 Å². The van der Waals surface area contributed by atoms with Crippen molar-refractivity contribution < 1.29 is 0 Å². The van der Waals surface area contributed by atoms with Crippen molar-refractivity contribution in [3.63, 3.8) is 0 Å². The Morgan fingerprint density at radius 2 is 2.28 bits per heavy atom. The maximum Gasteiger partial charge on any atom is 0.180 e. The second-order valence-electron chi connectivity index (χ2n) is 5.50. The van der Waals surface area contributed by atoms with E-state index in [1.807, 2.05) is 23.0 Å². The van der Waals surface area contributed by atoms with E-state index in [2.05, 4.69) is 31.2 Å². The summed E-state index contributed by atoms with van der Waals surface area (Å²) in [5, 5.41) is 3.62. The maximum absolute atomic E-state index is 4.54. The molecule has 2 bridgehead atoms. The Hall–Kier alpha value is -1.10. The molecule has 2 heterocycles. The van der Waals surface area contributed by atoms with Gasteiger partial charge in [-0.15, -0.1) is 0 Å². The second kappa shape index (κ2) is 3.95. The van der Waals surface area contributed by atoms with Crippen molar-refractivity contribution in [2.24, 2.45) is 11.8 Å². The van der Waals surface area contributed by atoms with E-state index in [0.717, 1.165) is 27.9 Å². The number of anilines is 1. The van der Waals surface area contributed by atoms with Gasteiger partial charge in [-0.05, 0) is 47.0 Å². The number of hydrogen-bond donors (Lipinski definition) is 1. The summed E-state index contributed by atoms with van der Waals surface area (Å²) in [4.78, 5) is 8.92. The highest BCUT2D eigenvalue weighted by Gasteiger charge is 2.39. The van der Waals surface area contributed by atoms with Gasteiger partial charge in [-0.3, -0.25) is 0 Å². The zero-order chi connectivity index (χ0) is 12.1. The molecule has 0 aromatic carbocycles. The average molecular weight is 307 g/mol. The Morgan fingerprint density at radius 3 is 3.06 bits per heavy atom. The molecule has 0 amide bonds. The lowest BCUT2D eigenvalue weighted by atomic mass is 9.95. The fraction of sp³-hybridized carbons (Fsp3) is 0.538. The molecule has 3 atom stereocenters. The zero-order valence-corrected chi connectivity index (χ0v) is 11.6. The molecule has 1 N–H and O–H groups in total. The summed E-state index contributed by atoms with van der Waals surface area (Å²) in [5.74, 6) is 2.69. The third-order valence-corrected chi connectivity index (χ3v) is 4.79. The van der Waals surface area contributed by atoms with E-state index in [1.54, 1.807) is 0 Å². The predicted molar refractivity (Wildman–Crippen MR) is 73.5 cm³/mol. The lowest BCUT2D eigenvalue weighted by Gasteiger charge is -2.23. The number of nitrogens with zero attached hydrogens (tertiary/aromatic N) is 3. The average Bonchev–Trinajstić information content (AvgIpc) is 3.02. The van der Waals surface area contributed by atoms with Gasteiger partial charge >= 0.3 is 0 Å². The topological polar surface area (TPSA) is 42.2 Å². The largest absolute Gasteiger partial charge is 0.364 e. The minimum absolute atomic E-state index is 0.589. The van der Waals surface area contributed by atoms with E-state index in [1.165, 1.54) is 25.7 Å². The lowest BCUT2D eigenvalue weighted by molar-refractivity contribution is 0.439. The van der Waals surface area contributed by atoms with Crippen molar-refractivity contribution in [2.75, 3.05) is 5.32 Å². The van der Waals surface area contributed by atoms with Gasteiger partial charge in [-0.1, -0.05) is 6.42 Å². The molecule has 2 aliphatic rings. The smallest absolute Gasteiger partial charge is 0.180 e. The molecular weight excluding hydrogens is 292 g/mol. The first-order chi connectivity index (χ1) is 8.79. The van der Waals surface area contributed by atoms with Crippen molar-refractivity contribution in [1.82, 2.24) is 14.4 Å². The van der Waals surface area contributed by atoms with Gasteiger partial charge in [0, 0.05) is 24.6 Å². The van der Waals surface area contributed by atoms with Crippen LogP contribution in [-0.4, -0.2) is 20.4 Å². The van der Waals surface area contributed by atoms with Crippen LogP contribution >= 0.6 is 15.9 Å². The molecule has 2 aliphatic carbocycles. The number of nitrogens with one attached hydrogen (secondary N) is 1. The highest BCUT2D eigenvalue weighted by molar-refractivity contribution is 9.10. The van der Waals surface area contributed by atoms with Gasteiger partial charge in [-0.2, -0.15) is 0 Å². The summed E-state index contributed by atoms with van der Waals surface area (Å²) in [7, 11) is 0. The van der Waals surface area contributed by atoms with E-state index >= 15 is 0 Å². The molecule has 2 fully saturated rings. The first kappa shape index (κ1) is 10.8. The fourth-order valence-corrected chi connectivity index (χ4v) is 3.99. The summed E-state index contributed by atoms with van der Waals surface area (Å²) in [5.41, 5.74) is 0.918. The normalized spacial score (nSPS) is 30.2. The number of imidazole rings is 1. The van der Waals surface area contributed by atoms with Crippen molar-refractivity contribution >= 4 is 27.4 Å². The van der Waals surface area contributed by atoms with E-state index in [0.29, 0.717) is 6.04 Å². The summed E-state index contributed by atoms with van der Waals surface area (Å²) < 4.78 is 2.85. The van der Waals surface area contributed by atoms with Crippen LogP contribution in [0.2, 0.25) is 0 Å². The van der Waals surface area contributed by atoms with E-state index in [4.69, 9.17) is 0 Å². The van der Waals surface area contributed by atoms with Crippen LogP contribution in [0.5, 0.6) is 0 Å². The Balaban J connectivity index is 1.68. The van der Waals surface area contributed by atoms with E-state index < -0.39 is 0 Å². The Morgan fingerprint density at radius 1 is 1.33 bits per heavy atom. The molecule has 0 saturated heterocycles. The third-order valence-electron chi connectivity index (χ3n) is 4.40. The second-order valence-corrected chi connectivity index (χ2v) is 6.31. The molecule has 94 valence electrons. The molecule has 2 aromatic heterocycles. The van der Waals surface area contributed by atoms with E-state index in [-0.39, 0.29) is 0 Å². The van der Waals surface area contributed by atoms with Crippen LogP contribution in [0.3, 0.4) is 0 Å². The highest BCUT2D eigenvalue weighted by Crippen LogP contribution is 2.45. The third kappa shape index (κ3) is 1.64. The number of halogens is 1. The zero-order valence-electron chi connectivity index (χ0n) is 10.0. The van der Waals surface area contributed by atoms with Gasteiger partial charge in [0.25, 0.3) is 0 Å². The van der Waals surface area contributed by atoms with Gasteiger partial charge in [-0.25, -0.2) is 9.97 Å². The van der Waals surface area contributed by atoms with Crippen molar-refractivity contribution in [3.05, 3.63) is 23.2 Å². The Labute approximate surface area is 114 Å². The number of aromatic nitrogens is 3. The molecule has 3 unspecified atom stereocenters. The van der Waals surface area contributed by atoms with Crippen molar-refractivity contribution in [2.45, 2.75) is 31.7 Å². The fourth-order valence-electron chi connectivity index (χ4n) is 3.60. The van der Waals surface area contributed by atoms with Crippen LogP contribution in [0.4, 0.5) is 5.82 Å². The van der Waals surface area contributed by atoms with Gasteiger partial charge in [0.15, 0.2) is 11.5 Å². The lowest BCUT2D eigenvalue weighted by Crippen LogP contribution is -2.26. The maximum atomic E-state index is 4.54. The van der Waals surface area contributed by atoms with Crippen LogP contribution in [0.1, 0.15) is 25.7 Å². The Bertz CT molecular complexity index is 594. The first-order valence-corrected chi connectivity index (χ1v) is 7.34. The summed E-state index contributed by atoms with van der Waals surface area (Å²) >= 11 is 3.46. The molecule has 0 aliphatic heterocycles. The van der Waals surface area contributed by atoms with Gasteiger partial charge in [0.2, 0.25) is 0 Å². The predicted octanol–water partition coefficient (Wildman–Crippen LogP) is 3.09. The van der Waals surface area contributed by atoms with Gasteiger partial charge in [0.05, 0.1) is 0 Å². The molecular formula is C13H15BrN4. The first-order valence-electron chi connectivity index (χ1n) is 6.55. The minimum Gasteiger partial charge on any atom is -0.364 e. The van der Waals surface area contributed by atoms with Crippen LogP contribution in [0.25, 0.3) is 5.65 Å². The Kier molecular flexibility index (Phi) is 2.37. The molecule has 0 radical (unpaired) electrons. The monoisotopic (exact) mass is 306 g/mol. The van der Waals surface area contributed by atoms with Gasteiger partial charge < -0.3 is 9.72 Å². The SMILES string of the molecule is Brc1cn2ccnc2c(NC2CC3CCC2C3)n1. The number of hydrogen-bond acceptors (Lipinski definition) is 3. The molecule has 2 saturated carbocycles. The molecule has 4 rings (SSSR count). The van der Waals surface area contributed by atoms with E-state index in [9.17, 15) is 0 Å². The van der Waals surface area contributed by atoms with Crippen molar-refractivity contribution in [3.8, 4) is 0 Å². The van der Waals surface area contributed by atoms with Crippen LogP contribution in [0.15, 0.2) is 23.2 Å². The highest BCUT2D eigenvalue weighted by atomic mass is 79.9. The molecule has 4 nitrogen and oxygen atoms in total. The minimum atomic E-state index is 0.589. The molecule has 5 heteroatoms. The van der Waals surface area contributed by atoms with Crippen LogP contribution < -0.4 is 5.32 Å². The van der Waals surface area contributed by atoms with Gasteiger partial charge in [0.1, 0.15) is 4.60 Å². The summed E-state index contributed by atoms with van der Waals surface area (Å²) in [6.07, 6.45) is 11.2.